The van der Waals surface area contributed by atoms with Gasteiger partial charge in [-0.2, -0.15) is 4.31 Å². The number of piperazine rings is 1. The van der Waals surface area contributed by atoms with Gasteiger partial charge < -0.3 is 10.2 Å². The number of thiocarbonyl (C=S) groups is 1. The predicted molar refractivity (Wildman–Crippen MR) is 81.3 cm³/mol. The van der Waals surface area contributed by atoms with Gasteiger partial charge in [0.15, 0.2) is 5.11 Å². The molecule has 0 bridgehead atoms. The Morgan fingerprint density at radius 3 is 2.47 bits per heavy atom. The molecule has 1 saturated heterocycles. The van der Waals surface area contributed by atoms with E-state index in [0.717, 1.165) is 11.3 Å². The molecule has 1 aromatic heterocycles. The zero-order valence-electron chi connectivity index (χ0n) is 10.3. The Kier molecular flexibility index (Phi) is 4.67. The number of thiophene rings is 1. The van der Waals surface area contributed by atoms with Crippen LogP contribution in [-0.4, -0.2) is 56.0 Å². The van der Waals surface area contributed by atoms with E-state index in [9.17, 15) is 8.42 Å². The summed E-state index contributed by atoms with van der Waals surface area (Å²) in [5.41, 5.74) is 0. The maximum Gasteiger partial charge on any atom is 0.252 e. The summed E-state index contributed by atoms with van der Waals surface area (Å²) in [6.07, 6.45) is 0. The van der Waals surface area contributed by atoms with Gasteiger partial charge in [-0.1, -0.05) is 11.6 Å². The standard InChI is InChI=1S/C10H14ClN3O2S3/c1-12-10(17)13-4-6-14(7-5-13)19(15,16)9-3-2-8(11)18-9/h2-3H,4-7H2,1H3,(H,12,17). The molecule has 1 aromatic rings. The van der Waals surface area contributed by atoms with E-state index in [2.05, 4.69) is 5.32 Å². The first-order chi connectivity index (χ1) is 8.95. The molecule has 1 aliphatic rings. The fourth-order valence-electron chi connectivity index (χ4n) is 1.85. The minimum atomic E-state index is -3.42. The van der Waals surface area contributed by atoms with E-state index < -0.39 is 10.0 Å². The third kappa shape index (κ3) is 3.19. The van der Waals surface area contributed by atoms with E-state index >= 15 is 0 Å². The molecule has 0 spiro atoms. The second kappa shape index (κ2) is 5.92. The summed E-state index contributed by atoms with van der Waals surface area (Å²) in [6.45, 7) is 2.05. The van der Waals surface area contributed by atoms with Crippen molar-refractivity contribution in [3.05, 3.63) is 16.5 Å². The highest BCUT2D eigenvalue weighted by atomic mass is 35.5. The Labute approximate surface area is 127 Å². The molecule has 1 N–H and O–H groups in total. The van der Waals surface area contributed by atoms with Crippen LogP contribution in [0, 0.1) is 0 Å². The highest BCUT2D eigenvalue weighted by Crippen LogP contribution is 2.28. The van der Waals surface area contributed by atoms with Crippen molar-refractivity contribution >= 4 is 50.3 Å². The molecule has 2 rings (SSSR count). The number of hydrogen-bond acceptors (Lipinski definition) is 4. The van der Waals surface area contributed by atoms with Gasteiger partial charge in [0.2, 0.25) is 0 Å². The molecular weight excluding hydrogens is 326 g/mol. The molecule has 0 saturated carbocycles. The lowest BCUT2D eigenvalue weighted by molar-refractivity contribution is 0.265. The SMILES string of the molecule is CNC(=S)N1CCN(S(=O)(=O)c2ccc(Cl)s2)CC1. The van der Waals surface area contributed by atoms with Gasteiger partial charge in [0, 0.05) is 33.2 Å². The average Bonchev–Trinajstić information content (AvgIpc) is 2.85. The van der Waals surface area contributed by atoms with Crippen molar-refractivity contribution in [1.29, 1.82) is 0 Å². The third-order valence-corrected chi connectivity index (χ3v) is 6.94. The number of sulfonamides is 1. The van der Waals surface area contributed by atoms with Crippen LogP contribution in [0.25, 0.3) is 0 Å². The second-order valence-corrected chi connectivity index (χ2v) is 8.27. The molecule has 0 atom stereocenters. The molecule has 5 nitrogen and oxygen atoms in total. The number of rotatable bonds is 2. The van der Waals surface area contributed by atoms with Crippen LogP contribution in [0.4, 0.5) is 0 Å². The molecule has 106 valence electrons. The fraction of sp³-hybridized carbons (Fsp3) is 0.500. The number of hydrogen-bond donors (Lipinski definition) is 1. The molecule has 1 aliphatic heterocycles. The normalized spacial score (nSPS) is 17.5. The van der Waals surface area contributed by atoms with Crippen molar-refractivity contribution in [2.24, 2.45) is 0 Å². The van der Waals surface area contributed by atoms with Gasteiger partial charge in [-0.3, -0.25) is 0 Å². The van der Waals surface area contributed by atoms with Gasteiger partial charge >= 0.3 is 0 Å². The summed E-state index contributed by atoms with van der Waals surface area (Å²) in [4.78, 5) is 1.96. The number of nitrogens with one attached hydrogen (secondary N) is 1. The van der Waals surface area contributed by atoms with Crippen molar-refractivity contribution < 1.29 is 8.42 Å². The minimum absolute atomic E-state index is 0.294. The average molecular weight is 340 g/mol. The molecule has 0 radical (unpaired) electrons. The highest BCUT2D eigenvalue weighted by molar-refractivity contribution is 7.91. The predicted octanol–water partition coefficient (Wildman–Crippen LogP) is 1.21. The third-order valence-electron chi connectivity index (χ3n) is 2.88. The van der Waals surface area contributed by atoms with E-state index in [1.165, 1.54) is 4.31 Å². The van der Waals surface area contributed by atoms with Crippen molar-refractivity contribution in [1.82, 2.24) is 14.5 Å². The zero-order chi connectivity index (χ0) is 14.0. The Morgan fingerprint density at radius 1 is 1.37 bits per heavy atom. The van der Waals surface area contributed by atoms with Gasteiger partial charge in [0.25, 0.3) is 10.0 Å². The van der Waals surface area contributed by atoms with Crippen LogP contribution in [0.5, 0.6) is 0 Å². The van der Waals surface area contributed by atoms with E-state index in [-0.39, 0.29) is 0 Å². The lowest BCUT2D eigenvalue weighted by Gasteiger charge is -2.34. The Hall–Kier alpha value is -0.410. The largest absolute Gasteiger partial charge is 0.366 e. The summed E-state index contributed by atoms with van der Waals surface area (Å²) < 4.78 is 27.0. The summed E-state index contributed by atoms with van der Waals surface area (Å²) in [5.74, 6) is 0. The molecule has 0 unspecified atom stereocenters. The van der Waals surface area contributed by atoms with Gasteiger partial charge in [-0.25, -0.2) is 8.42 Å². The van der Waals surface area contributed by atoms with Gasteiger partial charge in [0.1, 0.15) is 4.21 Å². The van der Waals surface area contributed by atoms with E-state index in [1.54, 1.807) is 19.2 Å². The lowest BCUT2D eigenvalue weighted by Crippen LogP contribution is -2.52. The molecule has 0 aliphatic carbocycles. The van der Waals surface area contributed by atoms with Gasteiger partial charge in [-0.15, -0.1) is 11.3 Å². The Morgan fingerprint density at radius 2 is 2.00 bits per heavy atom. The first kappa shape index (κ1) is 15.0. The van der Waals surface area contributed by atoms with E-state index in [1.807, 2.05) is 4.90 Å². The van der Waals surface area contributed by atoms with Crippen LogP contribution >= 0.6 is 35.2 Å². The molecule has 2 heterocycles. The number of nitrogens with zero attached hydrogens (tertiary/aromatic N) is 2. The van der Waals surface area contributed by atoms with Crippen LogP contribution in [0.3, 0.4) is 0 Å². The minimum Gasteiger partial charge on any atom is -0.366 e. The van der Waals surface area contributed by atoms with Crippen molar-refractivity contribution in [3.8, 4) is 0 Å². The van der Waals surface area contributed by atoms with Crippen LogP contribution in [0.15, 0.2) is 16.3 Å². The first-order valence-corrected chi connectivity index (χ1v) is 8.71. The van der Waals surface area contributed by atoms with Crippen molar-refractivity contribution in [3.63, 3.8) is 0 Å². The summed E-state index contributed by atoms with van der Waals surface area (Å²) in [7, 11) is -1.66. The molecule has 0 amide bonds. The summed E-state index contributed by atoms with van der Waals surface area (Å²) >= 11 is 12.0. The lowest BCUT2D eigenvalue weighted by atomic mass is 10.4. The van der Waals surface area contributed by atoms with Gasteiger partial charge in [0.05, 0.1) is 4.34 Å². The molecule has 9 heteroatoms. The van der Waals surface area contributed by atoms with E-state index in [0.29, 0.717) is 39.8 Å². The van der Waals surface area contributed by atoms with Crippen molar-refractivity contribution in [2.45, 2.75) is 4.21 Å². The number of halogens is 1. The van der Waals surface area contributed by atoms with Crippen LogP contribution in [0.2, 0.25) is 4.34 Å². The zero-order valence-corrected chi connectivity index (χ0v) is 13.5. The van der Waals surface area contributed by atoms with Gasteiger partial charge in [-0.05, 0) is 24.4 Å². The monoisotopic (exact) mass is 339 g/mol. The molecule has 0 aromatic carbocycles. The maximum absolute atomic E-state index is 12.4. The van der Waals surface area contributed by atoms with Crippen LogP contribution in [-0.2, 0) is 10.0 Å². The smallest absolute Gasteiger partial charge is 0.252 e. The highest BCUT2D eigenvalue weighted by Gasteiger charge is 2.30. The second-order valence-electron chi connectivity index (χ2n) is 4.00. The molecule has 19 heavy (non-hydrogen) atoms. The van der Waals surface area contributed by atoms with E-state index in [4.69, 9.17) is 23.8 Å². The molecule has 1 fully saturated rings. The van der Waals surface area contributed by atoms with Crippen molar-refractivity contribution in [2.75, 3.05) is 33.2 Å². The Bertz CT molecular complexity index is 564. The van der Waals surface area contributed by atoms with Crippen LogP contribution in [0.1, 0.15) is 0 Å². The first-order valence-electron chi connectivity index (χ1n) is 5.67. The quantitative estimate of drug-likeness (QED) is 0.821. The van der Waals surface area contributed by atoms with Crippen LogP contribution < -0.4 is 5.32 Å². The summed E-state index contributed by atoms with van der Waals surface area (Å²) in [6, 6.07) is 3.15. The summed E-state index contributed by atoms with van der Waals surface area (Å²) in [5, 5.41) is 3.55. The fourth-order valence-corrected chi connectivity index (χ4v) is 5.10. The maximum atomic E-state index is 12.4. The Balaban J connectivity index is 2.07. The topological polar surface area (TPSA) is 52.6 Å². The molecular formula is C10H14ClN3O2S3.